The molecule has 0 radical (unpaired) electrons. The summed E-state index contributed by atoms with van der Waals surface area (Å²) in [7, 11) is 0. The third kappa shape index (κ3) is 2.50. The first-order valence-electron chi connectivity index (χ1n) is 7.91. The van der Waals surface area contributed by atoms with E-state index in [1.807, 2.05) is 0 Å². The van der Waals surface area contributed by atoms with Crippen LogP contribution in [0, 0.1) is 0 Å². The molecule has 1 aliphatic carbocycles. The van der Waals surface area contributed by atoms with Crippen LogP contribution in [0.25, 0.3) is 0 Å². The summed E-state index contributed by atoms with van der Waals surface area (Å²) in [5, 5.41) is 3.85. The van der Waals surface area contributed by atoms with Crippen molar-refractivity contribution in [2.75, 3.05) is 13.2 Å². The van der Waals surface area contributed by atoms with Gasteiger partial charge in [0.2, 0.25) is 0 Å². The lowest BCUT2D eigenvalue weighted by atomic mass is 9.82. The van der Waals surface area contributed by atoms with E-state index in [0.29, 0.717) is 12.1 Å². The Labute approximate surface area is 126 Å². The van der Waals surface area contributed by atoms with Gasteiger partial charge in [0, 0.05) is 12.6 Å². The molecule has 0 aromatic heterocycles. The Morgan fingerprint density at radius 3 is 2.19 bits per heavy atom. The lowest BCUT2D eigenvalue weighted by Gasteiger charge is -2.34. The minimum absolute atomic E-state index is 0.304. The van der Waals surface area contributed by atoms with Crippen molar-refractivity contribution < 1.29 is 4.74 Å². The number of hydrogen-bond donors (Lipinski definition) is 1. The number of benzene rings is 2. The number of hydrogen-bond acceptors (Lipinski definition) is 2. The van der Waals surface area contributed by atoms with E-state index in [2.05, 4.69) is 53.8 Å². The fourth-order valence-electron chi connectivity index (χ4n) is 3.61. The van der Waals surface area contributed by atoms with Crippen molar-refractivity contribution >= 4 is 0 Å². The molecular weight excluding hydrogens is 258 g/mol. The Morgan fingerprint density at radius 2 is 1.57 bits per heavy atom. The van der Waals surface area contributed by atoms with Crippen LogP contribution in [0.2, 0.25) is 0 Å². The van der Waals surface area contributed by atoms with Gasteiger partial charge in [-0.25, -0.2) is 0 Å². The normalized spacial score (nSPS) is 21.6. The quantitative estimate of drug-likeness (QED) is 0.909. The summed E-state index contributed by atoms with van der Waals surface area (Å²) in [5.74, 6) is 0. The Morgan fingerprint density at radius 1 is 0.905 bits per heavy atom. The van der Waals surface area contributed by atoms with Gasteiger partial charge in [0.25, 0.3) is 0 Å². The van der Waals surface area contributed by atoms with Crippen molar-refractivity contribution in [2.45, 2.75) is 31.3 Å². The Balaban J connectivity index is 1.70. The molecule has 2 aliphatic rings. The van der Waals surface area contributed by atoms with Crippen LogP contribution >= 0.6 is 0 Å². The van der Waals surface area contributed by atoms with Gasteiger partial charge < -0.3 is 10.1 Å². The molecule has 108 valence electrons. The first kappa shape index (κ1) is 13.1. The number of nitrogens with one attached hydrogen (secondary N) is 1. The minimum Gasteiger partial charge on any atom is -0.380 e. The van der Waals surface area contributed by atoms with Gasteiger partial charge in [0.15, 0.2) is 0 Å². The maximum absolute atomic E-state index is 5.64. The maximum Gasteiger partial charge on any atom is 0.0619 e. The van der Waals surface area contributed by atoms with Gasteiger partial charge in [-0.1, -0.05) is 48.5 Å². The lowest BCUT2D eigenvalue weighted by molar-refractivity contribution is 0.0678. The Bertz CT molecular complexity index is 585. The standard InChI is InChI=1S/C19H21NO/c1-3-9-17-14(6-1)12-15-7-2-4-10-18(15)19(17)20-16-8-5-11-21-13-16/h1-4,6-7,9-10,16,19-20H,5,8,11-13H2. The average Bonchev–Trinajstić information content (AvgIpc) is 2.55. The molecular formula is C19H21NO. The monoisotopic (exact) mass is 279 g/mol. The van der Waals surface area contributed by atoms with E-state index in [0.717, 1.165) is 26.1 Å². The summed E-state index contributed by atoms with van der Waals surface area (Å²) in [4.78, 5) is 0. The number of rotatable bonds is 2. The zero-order valence-corrected chi connectivity index (χ0v) is 12.2. The molecule has 0 amide bonds. The van der Waals surface area contributed by atoms with Gasteiger partial charge in [0.1, 0.15) is 0 Å². The van der Waals surface area contributed by atoms with Gasteiger partial charge >= 0.3 is 0 Å². The first-order valence-corrected chi connectivity index (χ1v) is 7.91. The van der Waals surface area contributed by atoms with Gasteiger partial charge in [0.05, 0.1) is 12.6 Å². The van der Waals surface area contributed by atoms with Crippen molar-refractivity contribution in [3.63, 3.8) is 0 Å². The van der Waals surface area contributed by atoms with Crippen molar-refractivity contribution in [1.82, 2.24) is 5.32 Å². The molecule has 1 saturated heterocycles. The van der Waals surface area contributed by atoms with Crippen LogP contribution in [0.1, 0.15) is 41.1 Å². The summed E-state index contributed by atoms with van der Waals surface area (Å²) in [5.41, 5.74) is 5.76. The van der Waals surface area contributed by atoms with Crippen molar-refractivity contribution in [2.24, 2.45) is 0 Å². The van der Waals surface area contributed by atoms with Gasteiger partial charge in [-0.2, -0.15) is 0 Å². The van der Waals surface area contributed by atoms with Crippen LogP contribution in [0.5, 0.6) is 0 Å². The molecule has 2 aromatic carbocycles. The molecule has 1 atom stereocenters. The fraction of sp³-hybridized carbons (Fsp3) is 0.368. The molecule has 1 fully saturated rings. The zero-order valence-electron chi connectivity index (χ0n) is 12.2. The molecule has 2 aromatic rings. The molecule has 0 spiro atoms. The zero-order chi connectivity index (χ0) is 14.1. The third-order valence-electron chi connectivity index (χ3n) is 4.68. The number of fused-ring (bicyclic) bond motifs is 2. The van der Waals surface area contributed by atoms with E-state index in [1.165, 1.54) is 28.7 Å². The topological polar surface area (TPSA) is 21.3 Å². The highest BCUT2D eigenvalue weighted by Gasteiger charge is 2.27. The van der Waals surface area contributed by atoms with E-state index in [4.69, 9.17) is 4.74 Å². The molecule has 2 heteroatoms. The van der Waals surface area contributed by atoms with Crippen molar-refractivity contribution in [1.29, 1.82) is 0 Å². The van der Waals surface area contributed by atoms with Gasteiger partial charge in [-0.05, 0) is 41.5 Å². The molecule has 1 unspecified atom stereocenters. The van der Waals surface area contributed by atoms with Crippen LogP contribution in [0.3, 0.4) is 0 Å². The van der Waals surface area contributed by atoms with Crippen LogP contribution in [0.15, 0.2) is 48.5 Å². The Kier molecular flexibility index (Phi) is 3.50. The predicted molar refractivity (Wildman–Crippen MR) is 84.5 cm³/mol. The minimum atomic E-state index is 0.304. The maximum atomic E-state index is 5.64. The SMILES string of the molecule is c1ccc2c(c1)Cc1ccccc1C2NC1CCCOC1. The summed E-state index contributed by atoms with van der Waals surface area (Å²) >= 11 is 0. The van der Waals surface area contributed by atoms with E-state index in [1.54, 1.807) is 0 Å². The summed E-state index contributed by atoms with van der Waals surface area (Å²) in [6.07, 6.45) is 3.42. The first-order chi connectivity index (χ1) is 10.4. The lowest BCUT2D eigenvalue weighted by Crippen LogP contribution is -2.40. The van der Waals surface area contributed by atoms with Crippen molar-refractivity contribution in [3.8, 4) is 0 Å². The van der Waals surface area contributed by atoms with E-state index < -0.39 is 0 Å². The second-order valence-electron chi connectivity index (χ2n) is 6.09. The van der Waals surface area contributed by atoms with E-state index in [-0.39, 0.29) is 0 Å². The molecule has 1 heterocycles. The summed E-state index contributed by atoms with van der Waals surface area (Å²) in [6.45, 7) is 1.75. The molecule has 1 aliphatic heterocycles. The van der Waals surface area contributed by atoms with E-state index >= 15 is 0 Å². The second-order valence-corrected chi connectivity index (χ2v) is 6.09. The molecule has 21 heavy (non-hydrogen) atoms. The molecule has 0 saturated carbocycles. The van der Waals surface area contributed by atoms with Gasteiger partial charge in [-0.3, -0.25) is 0 Å². The Hall–Kier alpha value is -1.64. The highest BCUT2D eigenvalue weighted by atomic mass is 16.5. The summed E-state index contributed by atoms with van der Waals surface area (Å²) in [6, 6.07) is 18.4. The van der Waals surface area contributed by atoms with Crippen LogP contribution in [-0.4, -0.2) is 19.3 Å². The van der Waals surface area contributed by atoms with E-state index in [9.17, 15) is 0 Å². The average molecular weight is 279 g/mol. The largest absolute Gasteiger partial charge is 0.380 e. The second kappa shape index (κ2) is 5.63. The molecule has 1 N–H and O–H groups in total. The fourth-order valence-corrected chi connectivity index (χ4v) is 3.61. The smallest absolute Gasteiger partial charge is 0.0619 e. The number of ether oxygens (including phenoxy) is 1. The predicted octanol–water partition coefficient (Wildman–Crippen LogP) is 3.45. The molecule has 0 bridgehead atoms. The van der Waals surface area contributed by atoms with Crippen molar-refractivity contribution in [3.05, 3.63) is 70.8 Å². The highest BCUT2D eigenvalue weighted by molar-refractivity contribution is 5.48. The summed E-state index contributed by atoms with van der Waals surface area (Å²) < 4.78 is 5.64. The van der Waals surface area contributed by atoms with Crippen LogP contribution in [0.4, 0.5) is 0 Å². The molecule has 4 rings (SSSR count). The van der Waals surface area contributed by atoms with Gasteiger partial charge in [-0.15, -0.1) is 0 Å². The highest BCUT2D eigenvalue weighted by Crippen LogP contribution is 2.35. The third-order valence-corrected chi connectivity index (χ3v) is 4.68. The van der Waals surface area contributed by atoms with Crippen LogP contribution < -0.4 is 5.32 Å². The molecule has 2 nitrogen and oxygen atoms in total. The van der Waals surface area contributed by atoms with Crippen LogP contribution in [-0.2, 0) is 11.2 Å².